The molecule has 6 heteroatoms. The summed E-state index contributed by atoms with van der Waals surface area (Å²) < 4.78 is 12.2. The minimum absolute atomic E-state index is 0.107. The van der Waals surface area contributed by atoms with Crippen molar-refractivity contribution in [2.45, 2.75) is 72.0 Å². The van der Waals surface area contributed by atoms with Gasteiger partial charge in [0.25, 0.3) is 0 Å². The lowest BCUT2D eigenvalue weighted by Gasteiger charge is -2.44. The van der Waals surface area contributed by atoms with E-state index in [1.807, 2.05) is 37.8 Å². The number of urea groups is 1. The van der Waals surface area contributed by atoms with Crippen molar-refractivity contribution in [1.29, 1.82) is 0 Å². The second kappa shape index (κ2) is 15.7. The Morgan fingerprint density at radius 3 is 2.38 bits per heavy atom. The highest BCUT2D eigenvalue weighted by Crippen LogP contribution is 2.24. The predicted octanol–water partition coefficient (Wildman–Crippen LogP) is 5.52. The summed E-state index contributed by atoms with van der Waals surface area (Å²) in [5.41, 5.74) is 2.82. The minimum atomic E-state index is -0.107. The van der Waals surface area contributed by atoms with Crippen molar-refractivity contribution >= 4 is 6.03 Å². The summed E-state index contributed by atoms with van der Waals surface area (Å²) in [5.74, 6) is 0. The van der Waals surface area contributed by atoms with Crippen LogP contribution in [0.4, 0.5) is 9.18 Å². The molecule has 0 spiro atoms. The fourth-order valence-electron chi connectivity index (χ4n) is 4.94. The van der Waals surface area contributed by atoms with Crippen LogP contribution in [0.1, 0.15) is 57.6 Å². The van der Waals surface area contributed by atoms with E-state index < -0.39 is 0 Å². The Bertz CT molecular complexity index is 765. The number of halogens is 1. The quantitative estimate of drug-likeness (QED) is 0.506. The molecule has 0 aliphatic carbocycles. The molecule has 2 saturated heterocycles. The van der Waals surface area contributed by atoms with Crippen LogP contribution in [-0.2, 0) is 6.54 Å². The molecule has 2 heterocycles. The zero-order valence-electron chi connectivity index (χ0n) is 21.7. The standard InChI is InChI=1S/C26H39FN4O.C2H6/c1-3-4-16-31(26(32)28-15-7-14-27)25-12-19-30(20-13-25)24-10-17-29(18-11-24)21-23-9-6-5-8-22(23)2;1-2/h3-9,14,24-25H,10-13,15-21H2,1-2H3,(H,28,32);1-2H3/b4-3-,14-7+;. The van der Waals surface area contributed by atoms with Crippen LogP contribution in [0.2, 0.25) is 0 Å². The second-order valence-corrected chi connectivity index (χ2v) is 8.97. The van der Waals surface area contributed by atoms with Gasteiger partial charge in [0, 0.05) is 44.8 Å². The van der Waals surface area contributed by atoms with Crippen LogP contribution < -0.4 is 5.32 Å². The number of likely N-dealkylation sites (tertiary alicyclic amines) is 2. The number of nitrogens with one attached hydrogen (secondary N) is 1. The second-order valence-electron chi connectivity index (χ2n) is 8.97. The number of allylic oxidation sites excluding steroid dienone is 1. The molecule has 0 aromatic heterocycles. The summed E-state index contributed by atoms with van der Waals surface area (Å²) in [6.07, 6.45) is 10.2. The normalized spacial score (nSPS) is 18.7. The molecule has 2 aliphatic heterocycles. The number of carbonyl (C=O) groups excluding carboxylic acids is 1. The Morgan fingerprint density at radius 2 is 1.76 bits per heavy atom. The molecule has 1 N–H and O–H groups in total. The maximum atomic E-state index is 12.6. The fraction of sp³-hybridized carbons (Fsp3) is 0.607. The van der Waals surface area contributed by atoms with Gasteiger partial charge in [0.1, 0.15) is 0 Å². The van der Waals surface area contributed by atoms with Gasteiger partial charge < -0.3 is 15.1 Å². The van der Waals surface area contributed by atoms with Gasteiger partial charge in [0.15, 0.2) is 0 Å². The summed E-state index contributed by atoms with van der Waals surface area (Å²) in [6, 6.07) is 9.47. The summed E-state index contributed by atoms with van der Waals surface area (Å²) >= 11 is 0. The summed E-state index contributed by atoms with van der Waals surface area (Å²) in [4.78, 5) is 19.8. The molecule has 1 aromatic rings. The maximum absolute atomic E-state index is 12.6. The molecular weight excluding hydrogens is 427 g/mol. The molecule has 2 fully saturated rings. The van der Waals surface area contributed by atoms with Gasteiger partial charge in [-0.2, -0.15) is 0 Å². The number of amides is 2. The Hall–Kier alpha value is -2.18. The predicted molar refractivity (Wildman–Crippen MR) is 141 cm³/mol. The number of nitrogens with zero attached hydrogens (tertiary/aromatic N) is 3. The molecule has 5 nitrogen and oxygen atoms in total. The van der Waals surface area contributed by atoms with E-state index in [0.29, 0.717) is 18.9 Å². The molecule has 3 rings (SSSR count). The van der Waals surface area contributed by atoms with E-state index in [-0.39, 0.29) is 18.6 Å². The first-order chi connectivity index (χ1) is 16.6. The maximum Gasteiger partial charge on any atom is 0.318 e. The zero-order valence-corrected chi connectivity index (χ0v) is 21.7. The first kappa shape index (κ1) is 28.1. The minimum Gasteiger partial charge on any atom is -0.334 e. The number of benzene rings is 1. The van der Waals surface area contributed by atoms with E-state index in [2.05, 4.69) is 46.3 Å². The number of hydrogen-bond acceptors (Lipinski definition) is 3. The van der Waals surface area contributed by atoms with Gasteiger partial charge in [-0.25, -0.2) is 9.18 Å². The van der Waals surface area contributed by atoms with Crippen molar-refractivity contribution in [1.82, 2.24) is 20.0 Å². The van der Waals surface area contributed by atoms with Crippen molar-refractivity contribution in [2.24, 2.45) is 0 Å². The number of piperidine rings is 2. The zero-order chi connectivity index (χ0) is 24.8. The van der Waals surface area contributed by atoms with E-state index in [1.165, 1.54) is 30.0 Å². The molecule has 1 aromatic carbocycles. The van der Waals surface area contributed by atoms with Gasteiger partial charge in [-0.1, -0.05) is 50.3 Å². The third-order valence-electron chi connectivity index (χ3n) is 6.93. The molecule has 0 radical (unpaired) electrons. The number of aryl methyl sites for hydroxylation is 1. The van der Waals surface area contributed by atoms with Gasteiger partial charge in [-0.15, -0.1) is 0 Å². The summed E-state index contributed by atoms with van der Waals surface area (Å²) in [6.45, 7) is 14.4. The van der Waals surface area contributed by atoms with Crippen LogP contribution in [0, 0.1) is 6.92 Å². The topological polar surface area (TPSA) is 38.8 Å². The average molecular weight is 473 g/mol. The first-order valence-electron chi connectivity index (χ1n) is 13.0. The van der Waals surface area contributed by atoms with Crippen LogP contribution in [-0.4, -0.2) is 72.1 Å². The summed E-state index contributed by atoms with van der Waals surface area (Å²) in [7, 11) is 0. The van der Waals surface area contributed by atoms with Crippen LogP contribution in [0.3, 0.4) is 0 Å². The smallest absolute Gasteiger partial charge is 0.318 e. The van der Waals surface area contributed by atoms with E-state index in [1.54, 1.807) is 0 Å². The average Bonchev–Trinajstić information content (AvgIpc) is 2.88. The molecule has 2 aliphatic rings. The van der Waals surface area contributed by atoms with Crippen molar-refractivity contribution < 1.29 is 9.18 Å². The Kier molecular flexibility index (Phi) is 12.9. The molecule has 2 amide bonds. The lowest BCUT2D eigenvalue weighted by molar-refractivity contribution is 0.0638. The van der Waals surface area contributed by atoms with Gasteiger partial charge in [-0.3, -0.25) is 4.90 Å². The van der Waals surface area contributed by atoms with Crippen molar-refractivity contribution in [3.63, 3.8) is 0 Å². The highest BCUT2D eigenvalue weighted by Gasteiger charge is 2.31. The van der Waals surface area contributed by atoms with E-state index >= 15 is 0 Å². The molecule has 0 unspecified atom stereocenters. The number of rotatable bonds is 8. The lowest BCUT2D eigenvalue weighted by Crippen LogP contribution is -2.53. The Labute approximate surface area is 206 Å². The first-order valence-corrected chi connectivity index (χ1v) is 13.0. The third-order valence-corrected chi connectivity index (χ3v) is 6.93. The molecule has 0 saturated carbocycles. The lowest BCUT2D eigenvalue weighted by atomic mass is 9.96. The molecule has 0 atom stereocenters. The van der Waals surface area contributed by atoms with Crippen LogP contribution in [0.15, 0.2) is 48.8 Å². The van der Waals surface area contributed by atoms with Crippen LogP contribution in [0.5, 0.6) is 0 Å². The SMILES string of the molecule is C/C=C\CN(C(=O)NC/C=C/F)C1CCN(C2CCN(Cc3ccccc3C)CC2)CC1.CC. The highest BCUT2D eigenvalue weighted by atomic mass is 19.1. The summed E-state index contributed by atoms with van der Waals surface area (Å²) in [5, 5.41) is 2.80. The highest BCUT2D eigenvalue weighted by molar-refractivity contribution is 5.74. The van der Waals surface area contributed by atoms with Gasteiger partial charge >= 0.3 is 6.03 Å². The monoisotopic (exact) mass is 472 g/mol. The molecule has 190 valence electrons. The largest absolute Gasteiger partial charge is 0.334 e. The fourth-order valence-corrected chi connectivity index (χ4v) is 4.94. The van der Waals surface area contributed by atoms with Gasteiger partial charge in [-0.05, 0) is 69.8 Å². The number of hydrogen-bond donors (Lipinski definition) is 1. The number of carbonyl (C=O) groups is 1. The van der Waals surface area contributed by atoms with Crippen LogP contribution >= 0.6 is 0 Å². The van der Waals surface area contributed by atoms with Gasteiger partial charge in [0.2, 0.25) is 0 Å². The van der Waals surface area contributed by atoms with E-state index in [0.717, 1.165) is 45.6 Å². The van der Waals surface area contributed by atoms with Gasteiger partial charge in [0.05, 0.1) is 6.33 Å². The van der Waals surface area contributed by atoms with Crippen LogP contribution in [0.25, 0.3) is 0 Å². The third kappa shape index (κ3) is 8.55. The molecular formula is C28H45FN4O. The van der Waals surface area contributed by atoms with Crippen molar-refractivity contribution in [3.05, 3.63) is 60.0 Å². The Morgan fingerprint density at radius 1 is 1.09 bits per heavy atom. The van der Waals surface area contributed by atoms with Crippen molar-refractivity contribution in [2.75, 3.05) is 39.3 Å². The molecule has 0 bridgehead atoms. The Balaban J connectivity index is 0.00000199. The van der Waals surface area contributed by atoms with E-state index in [9.17, 15) is 9.18 Å². The van der Waals surface area contributed by atoms with E-state index in [4.69, 9.17) is 0 Å². The molecule has 34 heavy (non-hydrogen) atoms. The van der Waals surface area contributed by atoms with Crippen molar-refractivity contribution in [3.8, 4) is 0 Å².